The van der Waals surface area contributed by atoms with Gasteiger partial charge in [-0.1, -0.05) is 42.5 Å². The molecule has 0 spiro atoms. The summed E-state index contributed by atoms with van der Waals surface area (Å²) >= 11 is 0. The second-order valence-corrected chi connectivity index (χ2v) is 6.63. The van der Waals surface area contributed by atoms with Gasteiger partial charge in [-0.15, -0.1) is 0 Å². The Morgan fingerprint density at radius 1 is 0.815 bits per heavy atom. The fourth-order valence-electron chi connectivity index (χ4n) is 2.99. The van der Waals surface area contributed by atoms with Crippen molar-refractivity contribution in [2.45, 2.75) is 19.3 Å². The molecular formula is C23H23NO3. The van der Waals surface area contributed by atoms with Crippen LogP contribution in [0, 0.1) is 0 Å². The number of aliphatic hydroxyl groups excluding tert-OH is 1. The van der Waals surface area contributed by atoms with Crippen LogP contribution in [0.25, 0.3) is 0 Å². The Kier molecular flexibility index (Phi) is 5.49. The summed E-state index contributed by atoms with van der Waals surface area (Å²) in [6, 6.07) is 26.6. The first-order valence-electron chi connectivity index (χ1n) is 9.17. The standard InChI is InChI=1S/C23H23NO3/c25-14-18-6-10-21(11-7-18)24(20-4-2-1-3-5-20)22-12-8-19(9-13-22)15-26-16-23-17-27-23/h1-13,23,25H,14-17H2. The van der Waals surface area contributed by atoms with E-state index < -0.39 is 0 Å². The predicted octanol–water partition coefficient (Wildman–Crippen LogP) is 4.56. The topological polar surface area (TPSA) is 45.2 Å². The summed E-state index contributed by atoms with van der Waals surface area (Å²) in [4.78, 5) is 2.20. The summed E-state index contributed by atoms with van der Waals surface area (Å²) in [6.07, 6.45) is 0.291. The lowest BCUT2D eigenvalue weighted by molar-refractivity contribution is 0.104. The van der Waals surface area contributed by atoms with Gasteiger partial charge < -0.3 is 19.5 Å². The third-order valence-corrected chi connectivity index (χ3v) is 4.56. The number of aliphatic hydroxyl groups is 1. The quantitative estimate of drug-likeness (QED) is 0.597. The molecule has 1 aliphatic rings. The summed E-state index contributed by atoms with van der Waals surface area (Å²) in [5.41, 5.74) is 5.26. The molecule has 4 nitrogen and oxygen atoms in total. The zero-order valence-electron chi connectivity index (χ0n) is 15.1. The van der Waals surface area contributed by atoms with Gasteiger partial charge in [-0.25, -0.2) is 0 Å². The highest BCUT2D eigenvalue weighted by Crippen LogP contribution is 2.34. The van der Waals surface area contributed by atoms with Crippen molar-refractivity contribution in [2.24, 2.45) is 0 Å². The fourth-order valence-corrected chi connectivity index (χ4v) is 2.99. The van der Waals surface area contributed by atoms with Gasteiger partial charge >= 0.3 is 0 Å². The van der Waals surface area contributed by atoms with Gasteiger partial charge in [0.1, 0.15) is 6.10 Å². The van der Waals surface area contributed by atoms with E-state index in [1.54, 1.807) is 0 Å². The fraction of sp³-hybridized carbons (Fsp3) is 0.217. The molecule has 1 N–H and O–H groups in total. The Bertz CT molecular complexity index is 843. The third-order valence-electron chi connectivity index (χ3n) is 4.56. The number of rotatable bonds is 8. The molecule has 1 fully saturated rings. The first-order valence-corrected chi connectivity index (χ1v) is 9.17. The number of epoxide rings is 1. The van der Waals surface area contributed by atoms with Crippen molar-refractivity contribution >= 4 is 17.1 Å². The van der Waals surface area contributed by atoms with E-state index in [0.717, 1.165) is 34.8 Å². The molecule has 1 aliphatic heterocycles. The Morgan fingerprint density at radius 2 is 1.37 bits per heavy atom. The number of hydrogen-bond acceptors (Lipinski definition) is 4. The van der Waals surface area contributed by atoms with Crippen molar-refractivity contribution in [1.82, 2.24) is 0 Å². The van der Waals surface area contributed by atoms with E-state index in [-0.39, 0.29) is 6.61 Å². The number of benzene rings is 3. The molecule has 0 radical (unpaired) electrons. The van der Waals surface area contributed by atoms with Crippen molar-refractivity contribution in [3.8, 4) is 0 Å². The van der Waals surface area contributed by atoms with Gasteiger partial charge in [0.25, 0.3) is 0 Å². The number of para-hydroxylation sites is 1. The monoisotopic (exact) mass is 361 g/mol. The molecule has 0 aromatic heterocycles. The lowest BCUT2D eigenvalue weighted by Gasteiger charge is -2.25. The van der Waals surface area contributed by atoms with Crippen LogP contribution in [0.4, 0.5) is 17.1 Å². The molecule has 3 aromatic carbocycles. The average molecular weight is 361 g/mol. The number of anilines is 3. The van der Waals surface area contributed by atoms with Crippen molar-refractivity contribution in [2.75, 3.05) is 18.1 Å². The molecule has 1 atom stereocenters. The lowest BCUT2D eigenvalue weighted by Crippen LogP contribution is -2.10. The minimum atomic E-state index is 0.0478. The molecule has 0 aliphatic carbocycles. The van der Waals surface area contributed by atoms with Crippen molar-refractivity contribution in [3.05, 3.63) is 90.0 Å². The van der Waals surface area contributed by atoms with Gasteiger partial charge in [-0.05, 0) is 47.5 Å². The summed E-state index contributed by atoms with van der Waals surface area (Å²) in [7, 11) is 0. The molecule has 0 amide bonds. The van der Waals surface area contributed by atoms with Crippen LogP contribution in [0.1, 0.15) is 11.1 Å². The van der Waals surface area contributed by atoms with Crippen LogP contribution in [-0.2, 0) is 22.7 Å². The highest BCUT2D eigenvalue weighted by molar-refractivity contribution is 5.76. The maximum atomic E-state index is 9.31. The van der Waals surface area contributed by atoms with Crippen LogP contribution < -0.4 is 4.90 Å². The third kappa shape index (κ3) is 4.55. The lowest BCUT2D eigenvalue weighted by atomic mass is 10.1. The summed E-state index contributed by atoms with van der Waals surface area (Å²) < 4.78 is 10.8. The van der Waals surface area contributed by atoms with Gasteiger partial charge in [0, 0.05) is 17.1 Å². The van der Waals surface area contributed by atoms with E-state index in [4.69, 9.17) is 9.47 Å². The first-order chi connectivity index (χ1) is 13.3. The Morgan fingerprint density at radius 3 is 1.93 bits per heavy atom. The predicted molar refractivity (Wildman–Crippen MR) is 106 cm³/mol. The molecule has 4 heteroatoms. The van der Waals surface area contributed by atoms with E-state index in [9.17, 15) is 5.11 Å². The molecule has 4 rings (SSSR count). The molecule has 1 saturated heterocycles. The van der Waals surface area contributed by atoms with Crippen LogP contribution >= 0.6 is 0 Å². The van der Waals surface area contributed by atoms with E-state index in [1.165, 1.54) is 0 Å². The summed E-state index contributed by atoms with van der Waals surface area (Å²) in [5.74, 6) is 0. The second-order valence-electron chi connectivity index (χ2n) is 6.63. The highest BCUT2D eigenvalue weighted by atomic mass is 16.6. The highest BCUT2D eigenvalue weighted by Gasteiger charge is 2.22. The second kappa shape index (κ2) is 8.35. The molecule has 138 valence electrons. The molecule has 1 heterocycles. The van der Waals surface area contributed by atoms with Gasteiger partial charge in [0.05, 0.1) is 26.4 Å². The van der Waals surface area contributed by atoms with Crippen molar-refractivity contribution in [1.29, 1.82) is 0 Å². The zero-order chi connectivity index (χ0) is 18.5. The van der Waals surface area contributed by atoms with E-state index >= 15 is 0 Å². The van der Waals surface area contributed by atoms with Crippen LogP contribution in [0.5, 0.6) is 0 Å². The van der Waals surface area contributed by atoms with E-state index in [1.807, 2.05) is 42.5 Å². The summed E-state index contributed by atoms with van der Waals surface area (Å²) in [5, 5.41) is 9.31. The van der Waals surface area contributed by atoms with Crippen LogP contribution in [0.15, 0.2) is 78.9 Å². The Labute approximate surface area is 159 Å². The van der Waals surface area contributed by atoms with Crippen LogP contribution in [0.2, 0.25) is 0 Å². The number of nitrogens with zero attached hydrogens (tertiary/aromatic N) is 1. The van der Waals surface area contributed by atoms with Gasteiger partial charge in [0.15, 0.2) is 0 Å². The van der Waals surface area contributed by atoms with Crippen LogP contribution in [-0.4, -0.2) is 24.4 Å². The minimum Gasteiger partial charge on any atom is -0.392 e. The Hall–Kier alpha value is -2.66. The van der Waals surface area contributed by atoms with Crippen LogP contribution in [0.3, 0.4) is 0 Å². The normalized spacial score (nSPS) is 15.5. The smallest absolute Gasteiger partial charge is 0.104 e. The average Bonchev–Trinajstić information content (AvgIpc) is 3.55. The molecule has 0 saturated carbocycles. The van der Waals surface area contributed by atoms with Crippen molar-refractivity contribution < 1.29 is 14.6 Å². The van der Waals surface area contributed by atoms with Gasteiger partial charge in [-0.3, -0.25) is 0 Å². The zero-order valence-corrected chi connectivity index (χ0v) is 15.1. The SMILES string of the molecule is OCc1ccc(N(c2ccccc2)c2ccc(COCC3CO3)cc2)cc1. The van der Waals surface area contributed by atoms with Crippen molar-refractivity contribution in [3.63, 3.8) is 0 Å². The molecule has 1 unspecified atom stereocenters. The maximum absolute atomic E-state index is 9.31. The molecular weight excluding hydrogens is 338 g/mol. The van der Waals surface area contributed by atoms with E-state index in [2.05, 4.69) is 41.3 Å². The molecule has 27 heavy (non-hydrogen) atoms. The molecule has 0 bridgehead atoms. The van der Waals surface area contributed by atoms with E-state index in [0.29, 0.717) is 19.3 Å². The van der Waals surface area contributed by atoms with Gasteiger partial charge in [0.2, 0.25) is 0 Å². The minimum absolute atomic E-state index is 0.0478. The summed E-state index contributed by atoms with van der Waals surface area (Å²) in [6.45, 7) is 2.12. The number of hydrogen-bond donors (Lipinski definition) is 1. The number of ether oxygens (including phenoxy) is 2. The largest absolute Gasteiger partial charge is 0.392 e. The first kappa shape index (κ1) is 17.7. The molecule has 3 aromatic rings. The van der Waals surface area contributed by atoms with Gasteiger partial charge in [-0.2, -0.15) is 0 Å². The maximum Gasteiger partial charge on any atom is 0.104 e. The Balaban J connectivity index is 1.57.